The molecule has 0 atom stereocenters. The molecule has 0 aromatic heterocycles. The third-order valence-corrected chi connectivity index (χ3v) is 0. The van der Waals surface area contributed by atoms with Gasteiger partial charge >= 0.3 is 60.1 Å². The third kappa shape index (κ3) is 28.6. The number of rotatable bonds is 0. The molecule has 3 nitrogen and oxygen atoms in total. The zero-order valence-electron chi connectivity index (χ0n) is 4.88. The second-order valence-corrected chi connectivity index (χ2v) is 0.326. The predicted octanol–water partition coefficient (Wildman–Crippen LogP) is -5.45. The quantitative estimate of drug-likeness (QED) is 0.300. The Bertz CT molecular complexity index is 17.7. The van der Waals surface area contributed by atoms with Gasteiger partial charge in [-0.3, -0.25) is 0 Å². The molecule has 26 valence electrons. The van der Waals surface area contributed by atoms with Crippen LogP contribution < -0.4 is 56.4 Å². The van der Waals surface area contributed by atoms with Gasteiger partial charge in [0.15, 0.2) is 0 Å². The molecule has 5 heteroatoms. The van der Waals surface area contributed by atoms with E-state index in [0.717, 1.165) is 0 Å². The van der Waals surface area contributed by atoms with E-state index in [4.69, 9.17) is 15.1 Å². The Morgan fingerprint density at radius 1 is 1.80 bits per heavy atom. The van der Waals surface area contributed by atoms with Crippen LogP contribution in [0.4, 0.5) is 0 Å². The van der Waals surface area contributed by atoms with Crippen LogP contribution >= 0.6 is 0 Å². The zero-order valence-corrected chi connectivity index (χ0v) is 6.00. The summed E-state index contributed by atoms with van der Waals surface area (Å²) in [6.45, 7) is 0. The standard InChI is InChI=1S/BH2O3.K.H/c2-1(3)4;;/h2-3H;;/q-1;+1;-1/p+1. The molecule has 0 aliphatic carbocycles. The van der Waals surface area contributed by atoms with Crippen molar-refractivity contribution in [2.24, 2.45) is 0 Å². The minimum Gasteiger partial charge on any atom is -1.00 e. The van der Waals surface area contributed by atoms with Crippen molar-refractivity contribution in [2.75, 3.05) is 0 Å². The molecule has 0 fully saturated rings. The summed E-state index contributed by atoms with van der Waals surface area (Å²) in [7, 11) is -2.42. The van der Waals surface area contributed by atoms with Crippen molar-refractivity contribution in [3.63, 3.8) is 0 Å². The van der Waals surface area contributed by atoms with Crippen molar-refractivity contribution in [2.45, 2.75) is 0 Å². The van der Waals surface area contributed by atoms with E-state index in [1.54, 1.807) is 0 Å². The van der Waals surface area contributed by atoms with Crippen LogP contribution in [0, 0.1) is 0 Å². The first-order valence-electron chi connectivity index (χ1n) is 0.752. The van der Waals surface area contributed by atoms with E-state index in [0.29, 0.717) is 0 Å². The van der Waals surface area contributed by atoms with Gasteiger partial charge in [-0.25, -0.2) is 0 Å². The fourth-order valence-corrected chi connectivity index (χ4v) is 0. The van der Waals surface area contributed by atoms with Gasteiger partial charge in [-0.15, -0.1) is 0 Å². The van der Waals surface area contributed by atoms with Gasteiger partial charge in [0.1, 0.15) is 0 Å². The molecule has 0 heterocycles. The third-order valence-electron chi connectivity index (χ3n) is 0. The Hall–Kier alpha value is 1.58. The van der Waals surface area contributed by atoms with Crippen LogP contribution in [0.25, 0.3) is 0 Å². The van der Waals surface area contributed by atoms with Gasteiger partial charge in [-0.05, 0) is 0 Å². The number of hydrogen-bond acceptors (Lipinski definition) is 3. The Labute approximate surface area is 75.6 Å². The predicted molar refractivity (Wildman–Crippen MR) is 12.4 cm³/mol. The second-order valence-electron chi connectivity index (χ2n) is 0.326. The van der Waals surface area contributed by atoms with Gasteiger partial charge in [0.25, 0.3) is 0 Å². The van der Waals surface area contributed by atoms with Crippen molar-refractivity contribution in [1.29, 1.82) is 0 Å². The topological polar surface area (TPSA) is 63.5 Å². The molecule has 0 aliphatic heterocycles. The fourth-order valence-electron chi connectivity index (χ4n) is 0. The molecule has 0 aromatic carbocycles. The zero-order chi connectivity index (χ0) is 3.58. The van der Waals surface area contributed by atoms with E-state index in [9.17, 15) is 0 Å². The molecule has 5 heavy (non-hydrogen) atoms. The molecule has 0 bridgehead atoms. The molecule has 0 amide bonds. The van der Waals surface area contributed by atoms with Crippen LogP contribution in [0.2, 0.25) is 0 Å². The molecule has 0 rings (SSSR count). The van der Waals surface area contributed by atoms with Gasteiger partial charge in [0, 0.05) is 0 Å². The summed E-state index contributed by atoms with van der Waals surface area (Å²) in [5.74, 6) is 0. The Morgan fingerprint density at radius 3 is 1.80 bits per heavy atom. The van der Waals surface area contributed by atoms with Crippen molar-refractivity contribution in [3.05, 3.63) is 0 Å². The van der Waals surface area contributed by atoms with Crippen LogP contribution in [0.15, 0.2) is 0 Å². The summed E-state index contributed by atoms with van der Waals surface area (Å²) in [5, 5.41) is 22.8. The molecule has 0 spiro atoms. The summed E-state index contributed by atoms with van der Waals surface area (Å²) in [4.78, 5) is 0. The van der Waals surface area contributed by atoms with E-state index < -0.39 is 7.32 Å². The normalized spacial score (nSPS) is 5.40. The minimum absolute atomic E-state index is 0. The van der Waals surface area contributed by atoms with Crippen molar-refractivity contribution >= 4 is 7.32 Å². The first kappa shape index (κ1) is 9.77. The van der Waals surface area contributed by atoms with Crippen LogP contribution in [-0.4, -0.2) is 17.4 Å². The summed E-state index contributed by atoms with van der Waals surface area (Å²) in [5.41, 5.74) is 0. The smallest absolute Gasteiger partial charge is 1.00 e. The molecule has 0 saturated heterocycles. The Morgan fingerprint density at radius 2 is 1.80 bits per heavy atom. The van der Waals surface area contributed by atoms with Crippen molar-refractivity contribution < 1.29 is 69.3 Å². The Kier molecular flexibility index (Phi) is 10.9. The summed E-state index contributed by atoms with van der Waals surface area (Å²) in [6, 6.07) is 0. The molecule has 0 aromatic rings. The van der Waals surface area contributed by atoms with Gasteiger partial charge in [0.2, 0.25) is 0 Å². The minimum atomic E-state index is -2.42. The van der Waals surface area contributed by atoms with Crippen molar-refractivity contribution in [3.8, 4) is 0 Å². The summed E-state index contributed by atoms with van der Waals surface area (Å²) >= 11 is 0. The molecule has 0 saturated carbocycles. The molecule has 0 aliphatic rings. The molecular weight excluding hydrogens is 97.9 g/mol. The SMILES string of the molecule is [H+].[H-].[K+].[O-]B(O)O. The molecule has 0 unspecified atom stereocenters. The summed E-state index contributed by atoms with van der Waals surface area (Å²) < 4.78 is 0. The second kappa shape index (κ2) is 5.58. The van der Waals surface area contributed by atoms with Crippen LogP contribution in [-0.2, 0) is 0 Å². The first-order valence-corrected chi connectivity index (χ1v) is 0.752. The van der Waals surface area contributed by atoms with E-state index >= 15 is 0 Å². The van der Waals surface area contributed by atoms with E-state index in [1.165, 1.54) is 0 Å². The first-order chi connectivity index (χ1) is 1.73. The monoisotopic (exact) mass is 102 g/mol. The maximum Gasteiger partial charge on any atom is 1.00 e. The van der Waals surface area contributed by atoms with E-state index in [1.807, 2.05) is 0 Å². The molecule has 2 N–H and O–H groups in total. The maximum absolute atomic E-state index is 8.64. The van der Waals surface area contributed by atoms with Crippen LogP contribution in [0.5, 0.6) is 0 Å². The molecule has 0 radical (unpaired) electrons. The Balaban J connectivity index is -0.0000000150. The van der Waals surface area contributed by atoms with Gasteiger partial charge in [-0.2, -0.15) is 0 Å². The van der Waals surface area contributed by atoms with Crippen LogP contribution in [0.1, 0.15) is 2.85 Å². The van der Waals surface area contributed by atoms with Crippen molar-refractivity contribution in [1.82, 2.24) is 0 Å². The number of hydrogen-bond donors (Lipinski definition) is 2. The largest absolute Gasteiger partial charge is 1.00 e. The van der Waals surface area contributed by atoms with Crippen LogP contribution in [0.3, 0.4) is 0 Å². The van der Waals surface area contributed by atoms with E-state index in [-0.39, 0.29) is 54.2 Å². The average Bonchev–Trinajstić information content (AvgIpc) is 0.811. The molecular formula is H4BKO3. The van der Waals surface area contributed by atoms with Gasteiger partial charge in [-0.1, -0.05) is 0 Å². The van der Waals surface area contributed by atoms with Gasteiger partial charge in [0.05, 0.1) is 0 Å². The fraction of sp³-hybridized carbons (Fsp3) is 0. The average molecular weight is 102 g/mol. The summed E-state index contributed by atoms with van der Waals surface area (Å²) in [6.07, 6.45) is 0. The van der Waals surface area contributed by atoms with E-state index in [2.05, 4.69) is 0 Å². The van der Waals surface area contributed by atoms with Gasteiger partial charge < -0.3 is 16.5 Å². The maximum atomic E-state index is 8.64.